The molecule has 0 radical (unpaired) electrons. The van der Waals surface area contributed by atoms with Gasteiger partial charge in [-0.2, -0.15) is 5.26 Å². The summed E-state index contributed by atoms with van der Waals surface area (Å²) >= 11 is 5.67. The minimum Gasteiger partial charge on any atom is -0.494 e. The van der Waals surface area contributed by atoms with Crippen molar-refractivity contribution in [3.8, 4) is 23.3 Å². The first-order chi connectivity index (χ1) is 16.4. The third-order valence-electron chi connectivity index (χ3n) is 4.68. The molecule has 0 saturated carbocycles. The molecule has 3 aromatic carbocycles. The Kier molecular flexibility index (Phi) is 9.36. The second-order valence-corrected chi connectivity index (χ2v) is 9.01. The summed E-state index contributed by atoms with van der Waals surface area (Å²) in [5.74, 6) is 1.30. The van der Waals surface area contributed by atoms with Crippen molar-refractivity contribution in [3.05, 3.63) is 85.4 Å². The number of amides is 1. The Morgan fingerprint density at radius 1 is 1.15 bits per heavy atom. The standard InChI is InChI=1S/C26H22BrIN2O4/c1-3-33-21-10-8-20(9-11-21)30-26(31)19(15-29)12-17-13-23(28)25(24(14-17)32-2)34-16-18-6-4-5-7-22(18)27/h4-14H,3,16H2,1-2H3,(H,30,31)/b19-12+. The van der Waals surface area contributed by atoms with Crippen molar-refractivity contribution in [1.82, 2.24) is 0 Å². The molecule has 0 aromatic heterocycles. The van der Waals surface area contributed by atoms with Crippen LogP contribution in [-0.4, -0.2) is 19.6 Å². The van der Waals surface area contributed by atoms with Gasteiger partial charge >= 0.3 is 0 Å². The summed E-state index contributed by atoms with van der Waals surface area (Å²) in [6.07, 6.45) is 1.52. The molecular formula is C26H22BrIN2O4. The number of halogens is 2. The lowest BCUT2D eigenvalue weighted by Gasteiger charge is -2.14. The van der Waals surface area contributed by atoms with Crippen LogP contribution in [0, 0.1) is 14.9 Å². The molecule has 3 rings (SSSR count). The Hall–Kier alpha value is -3.03. The highest BCUT2D eigenvalue weighted by Gasteiger charge is 2.15. The molecular weight excluding hydrogens is 611 g/mol. The van der Waals surface area contributed by atoms with Gasteiger partial charge in [-0.25, -0.2) is 0 Å². The fraction of sp³-hybridized carbons (Fsp3) is 0.154. The van der Waals surface area contributed by atoms with Crippen molar-refractivity contribution in [2.45, 2.75) is 13.5 Å². The largest absolute Gasteiger partial charge is 0.494 e. The molecule has 0 aliphatic carbocycles. The molecule has 6 nitrogen and oxygen atoms in total. The molecule has 34 heavy (non-hydrogen) atoms. The second kappa shape index (κ2) is 12.4. The van der Waals surface area contributed by atoms with E-state index in [1.165, 1.54) is 6.08 Å². The van der Waals surface area contributed by atoms with E-state index in [9.17, 15) is 10.1 Å². The number of methoxy groups -OCH3 is 1. The van der Waals surface area contributed by atoms with Crippen LogP contribution in [0.1, 0.15) is 18.1 Å². The van der Waals surface area contributed by atoms with Crippen molar-refractivity contribution < 1.29 is 19.0 Å². The number of rotatable bonds is 9. The van der Waals surface area contributed by atoms with E-state index in [2.05, 4.69) is 43.8 Å². The quantitative estimate of drug-likeness (QED) is 0.164. The van der Waals surface area contributed by atoms with E-state index in [1.54, 1.807) is 37.4 Å². The first-order valence-electron chi connectivity index (χ1n) is 10.3. The van der Waals surface area contributed by atoms with Crippen molar-refractivity contribution in [3.63, 3.8) is 0 Å². The monoisotopic (exact) mass is 632 g/mol. The van der Waals surface area contributed by atoms with Crippen LogP contribution in [0.4, 0.5) is 5.69 Å². The number of ether oxygens (including phenoxy) is 3. The Balaban J connectivity index is 1.78. The molecule has 0 bridgehead atoms. The Morgan fingerprint density at radius 2 is 1.88 bits per heavy atom. The Morgan fingerprint density at radius 3 is 2.53 bits per heavy atom. The van der Waals surface area contributed by atoms with Crippen LogP contribution in [0.25, 0.3) is 6.08 Å². The van der Waals surface area contributed by atoms with E-state index in [0.717, 1.165) is 13.6 Å². The van der Waals surface area contributed by atoms with Gasteiger partial charge in [0.25, 0.3) is 5.91 Å². The zero-order valence-corrected chi connectivity index (χ0v) is 22.3. The second-order valence-electron chi connectivity index (χ2n) is 7.00. The number of nitrogens with zero attached hydrogens (tertiary/aromatic N) is 1. The maximum absolute atomic E-state index is 12.7. The van der Waals surface area contributed by atoms with Gasteiger partial charge < -0.3 is 19.5 Å². The highest BCUT2D eigenvalue weighted by Crippen LogP contribution is 2.35. The third-order valence-corrected chi connectivity index (χ3v) is 6.26. The molecule has 3 aromatic rings. The molecule has 0 aliphatic heterocycles. The molecule has 0 aliphatic rings. The zero-order chi connectivity index (χ0) is 24.5. The van der Waals surface area contributed by atoms with Gasteiger partial charge in [0.1, 0.15) is 24.0 Å². The number of benzene rings is 3. The Bertz CT molecular complexity index is 1240. The van der Waals surface area contributed by atoms with Gasteiger partial charge in [0.2, 0.25) is 0 Å². The van der Waals surface area contributed by atoms with Gasteiger partial charge in [0, 0.05) is 15.7 Å². The van der Waals surface area contributed by atoms with Crippen LogP contribution in [0.2, 0.25) is 0 Å². The molecule has 174 valence electrons. The summed E-state index contributed by atoms with van der Waals surface area (Å²) < 4.78 is 18.7. The summed E-state index contributed by atoms with van der Waals surface area (Å²) in [7, 11) is 1.55. The summed E-state index contributed by atoms with van der Waals surface area (Å²) in [5, 5.41) is 12.3. The lowest BCUT2D eigenvalue weighted by atomic mass is 10.1. The number of nitriles is 1. The van der Waals surface area contributed by atoms with Crippen molar-refractivity contribution in [2.75, 3.05) is 19.0 Å². The van der Waals surface area contributed by atoms with Gasteiger partial charge in [-0.1, -0.05) is 34.1 Å². The average Bonchev–Trinajstić information content (AvgIpc) is 2.83. The number of hydrogen-bond donors (Lipinski definition) is 1. The van der Waals surface area contributed by atoms with Crippen LogP contribution < -0.4 is 19.5 Å². The van der Waals surface area contributed by atoms with Gasteiger partial charge in [-0.15, -0.1) is 0 Å². The molecule has 0 atom stereocenters. The van der Waals surface area contributed by atoms with Crippen LogP contribution in [0.3, 0.4) is 0 Å². The van der Waals surface area contributed by atoms with Crippen LogP contribution >= 0.6 is 38.5 Å². The molecule has 1 amide bonds. The van der Waals surface area contributed by atoms with E-state index in [0.29, 0.717) is 41.7 Å². The van der Waals surface area contributed by atoms with E-state index < -0.39 is 5.91 Å². The SMILES string of the molecule is CCOc1ccc(NC(=O)/C(C#N)=C/c2cc(I)c(OCc3ccccc3Br)c(OC)c2)cc1. The number of anilines is 1. The number of nitrogens with one attached hydrogen (secondary N) is 1. The maximum atomic E-state index is 12.7. The summed E-state index contributed by atoms with van der Waals surface area (Å²) in [6, 6.07) is 20.3. The van der Waals surface area contributed by atoms with Gasteiger partial charge in [-0.05, 0) is 83.6 Å². The number of carbonyl (C=O) groups excluding carboxylic acids is 1. The first-order valence-corrected chi connectivity index (χ1v) is 12.2. The smallest absolute Gasteiger partial charge is 0.266 e. The van der Waals surface area contributed by atoms with Gasteiger partial charge in [-0.3, -0.25) is 4.79 Å². The van der Waals surface area contributed by atoms with E-state index in [-0.39, 0.29) is 5.57 Å². The van der Waals surface area contributed by atoms with Crippen LogP contribution in [0.15, 0.2) is 70.7 Å². The molecule has 0 saturated heterocycles. The van der Waals surface area contributed by atoms with Crippen LogP contribution in [-0.2, 0) is 11.4 Å². The molecule has 1 N–H and O–H groups in total. The van der Waals surface area contributed by atoms with E-state index in [4.69, 9.17) is 14.2 Å². The fourth-order valence-corrected chi connectivity index (χ4v) is 4.22. The van der Waals surface area contributed by atoms with Gasteiger partial charge in [0.15, 0.2) is 11.5 Å². The zero-order valence-electron chi connectivity index (χ0n) is 18.6. The topological polar surface area (TPSA) is 80.6 Å². The number of carbonyl (C=O) groups is 1. The van der Waals surface area contributed by atoms with Crippen molar-refractivity contribution >= 4 is 56.2 Å². The van der Waals surface area contributed by atoms with Crippen molar-refractivity contribution in [2.24, 2.45) is 0 Å². The summed E-state index contributed by atoms with van der Waals surface area (Å²) in [4.78, 5) is 12.7. The predicted molar refractivity (Wildman–Crippen MR) is 144 cm³/mol. The highest BCUT2D eigenvalue weighted by atomic mass is 127. The van der Waals surface area contributed by atoms with Gasteiger partial charge in [0.05, 0.1) is 17.3 Å². The molecule has 0 heterocycles. The molecule has 0 fully saturated rings. The Labute approximate surface area is 220 Å². The molecule has 8 heteroatoms. The minimum atomic E-state index is -0.505. The average molecular weight is 633 g/mol. The van der Waals surface area contributed by atoms with Crippen molar-refractivity contribution in [1.29, 1.82) is 5.26 Å². The highest BCUT2D eigenvalue weighted by molar-refractivity contribution is 14.1. The van der Waals surface area contributed by atoms with E-state index in [1.807, 2.05) is 43.3 Å². The lowest BCUT2D eigenvalue weighted by Crippen LogP contribution is -2.13. The summed E-state index contributed by atoms with van der Waals surface area (Å²) in [6.45, 7) is 2.82. The minimum absolute atomic E-state index is 0.0337. The predicted octanol–water partition coefficient (Wildman–Crippen LogP) is 6.59. The first kappa shape index (κ1) is 25.6. The summed E-state index contributed by atoms with van der Waals surface area (Å²) in [5.41, 5.74) is 2.18. The van der Waals surface area contributed by atoms with E-state index >= 15 is 0 Å². The third kappa shape index (κ3) is 6.74. The number of hydrogen-bond acceptors (Lipinski definition) is 5. The normalized spacial score (nSPS) is 10.9. The van der Waals surface area contributed by atoms with Crippen LogP contribution in [0.5, 0.6) is 17.2 Å². The molecule has 0 unspecified atom stereocenters. The molecule has 0 spiro atoms. The maximum Gasteiger partial charge on any atom is 0.266 e. The fourth-order valence-electron chi connectivity index (χ4n) is 3.04. The lowest BCUT2D eigenvalue weighted by molar-refractivity contribution is -0.112.